The number of carbonyl (C=O) groups excluding carboxylic acids is 3. The van der Waals surface area contributed by atoms with Crippen molar-refractivity contribution in [2.75, 3.05) is 13.2 Å². The van der Waals surface area contributed by atoms with E-state index in [4.69, 9.17) is 10.8 Å². The van der Waals surface area contributed by atoms with Gasteiger partial charge in [0, 0.05) is 0 Å². The minimum atomic E-state index is -1.33. The van der Waals surface area contributed by atoms with Crippen molar-refractivity contribution in [3.05, 3.63) is 0 Å². The first-order valence-electron chi connectivity index (χ1n) is 9.05. The van der Waals surface area contributed by atoms with Gasteiger partial charge in [-0.3, -0.25) is 19.2 Å². The molecule has 3 amide bonds. The van der Waals surface area contributed by atoms with Gasteiger partial charge in [-0.2, -0.15) is 0 Å². The highest BCUT2D eigenvalue weighted by Gasteiger charge is 2.31. The van der Waals surface area contributed by atoms with Crippen LogP contribution in [0.4, 0.5) is 0 Å². The molecule has 5 atom stereocenters. The van der Waals surface area contributed by atoms with Gasteiger partial charge in [0.2, 0.25) is 17.7 Å². The molecule has 0 aromatic rings. The zero-order valence-electron chi connectivity index (χ0n) is 16.3. The highest BCUT2D eigenvalue weighted by molar-refractivity contribution is 5.93. The van der Waals surface area contributed by atoms with Crippen LogP contribution in [0.15, 0.2) is 0 Å². The molecule has 156 valence electrons. The summed E-state index contributed by atoms with van der Waals surface area (Å²) in [6.07, 6.45) is 1.27. The second kappa shape index (κ2) is 12.2. The average molecular weight is 388 g/mol. The van der Waals surface area contributed by atoms with Gasteiger partial charge in [0.05, 0.1) is 12.6 Å². The van der Waals surface area contributed by atoms with E-state index in [9.17, 15) is 24.3 Å². The van der Waals surface area contributed by atoms with Crippen LogP contribution in [0.25, 0.3) is 0 Å². The van der Waals surface area contributed by atoms with Gasteiger partial charge < -0.3 is 31.9 Å². The van der Waals surface area contributed by atoms with Crippen molar-refractivity contribution in [2.24, 2.45) is 17.6 Å². The molecule has 0 aliphatic heterocycles. The van der Waals surface area contributed by atoms with Crippen LogP contribution in [0.5, 0.6) is 0 Å². The van der Waals surface area contributed by atoms with Crippen molar-refractivity contribution in [2.45, 2.75) is 58.7 Å². The maximum absolute atomic E-state index is 12.6. The van der Waals surface area contributed by atoms with E-state index < -0.39 is 55.0 Å². The third-order valence-electron chi connectivity index (χ3n) is 4.58. The second-order valence-corrected chi connectivity index (χ2v) is 6.64. The fourth-order valence-electron chi connectivity index (χ4n) is 2.21. The number of carboxylic acids is 1. The summed E-state index contributed by atoms with van der Waals surface area (Å²) < 4.78 is 0. The highest BCUT2D eigenvalue weighted by atomic mass is 16.4. The van der Waals surface area contributed by atoms with Gasteiger partial charge in [0.1, 0.15) is 18.6 Å². The first-order chi connectivity index (χ1) is 12.6. The smallest absolute Gasteiger partial charge is 0.322 e. The molecule has 0 heterocycles. The molecule has 0 rings (SSSR count). The highest BCUT2D eigenvalue weighted by Crippen LogP contribution is 2.11. The summed E-state index contributed by atoms with van der Waals surface area (Å²) in [5.41, 5.74) is 5.90. The predicted octanol–water partition coefficient (Wildman–Crippen LogP) is -1.43. The van der Waals surface area contributed by atoms with E-state index in [2.05, 4.69) is 16.0 Å². The molecule has 5 unspecified atom stereocenters. The lowest BCUT2D eigenvalue weighted by Crippen LogP contribution is -2.59. The zero-order valence-corrected chi connectivity index (χ0v) is 16.3. The van der Waals surface area contributed by atoms with Crippen LogP contribution in [0.1, 0.15) is 40.5 Å². The summed E-state index contributed by atoms with van der Waals surface area (Å²) >= 11 is 0. The van der Waals surface area contributed by atoms with Gasteiger partial charge in [-0.15, -0.1) is 0 Å². The minimum absolute atomic E-state index is 0.0716. The Morgan fingerprint density at radius 3 is 1.93 bits per heavy atom. The van der Waals surface area contributed by atoms with Gasteiger partial charge in [-0.05, 0) is 11.8 Å². The fraction of sp³-hybridized carbons (Fsp3) is 0.765. The molecule has 0 saturated heterocycles. The standard InChI is InChI=1S/C17H32N4O6/c1-5-9(3)13(18)16(26)21-14(10(4)6-2)17(27)20-11(8-22)15(25)19-7-12(23)24/h9-11,13-14,22H,5-8,18H2,1-4H3,(H,19,25)(H,20,27)(H,21,26)(H,23,24). The minimum Gasteiger partial charge on any atom is -0.480 e. The van der Waals surface area contributed by atoms with E-state index in [1.165, 1.54) is 0 Å². The van der Waals surface area contributed by atoms with E-state index in [1.807, 2.05) is 20.8 Å². The first kappa shape index (κ1) is 24.8. The number of hydrogen-bond acceptors (Lipinski definition) is 6. The van der Waals surface area contributed by atoms with Gasteiger partial charge in [-0.25, -0.2) is 0 Å². The van der Waals surface area contributed by atoms with Gasteiger partial charge in [-0.1, -0.05) is 40.5 Å². The molecule has 0 aromatic carbocycles. The third-order valence-corrected chi connectivity index (χ3v) is 4.58. The number of carbonyl (C=O) groups is 4. The second-order valence-electron chi connectivity index (χ2n) is 6.64. The number of nitrogens with two attached hydrogens (primary N) is 1. The molecule has 27 heavy (non-hydrogen) atoms. The van der Waals surface area contributed by atoms with Gasteiger partial charge >= 0.3 is 5.97 Å². The Hall–Kier alpha value is -2.20. The lowest BCUT2D eigenvalue weighted by Gasteiger charge is -2.28. The third kappa shape index (κ3) is 8.35. The van der Waals surface area contributed by atoms with Gasteiger partial charge in [0.25, 0.3) is 0 Å². The predicted molar refractivity (Wildman–Crippen MR) is 98.5 cm³/mol. The van der Waals surface area contributed by atoms with E-state index in [0.29, 0.717) is 12.8 Å². The van der Waals surface area contributed by atoms with Crippen LogP contribution >= 0.6 is 0 Å². The molecule has 0 aliphatic rings. The number of aliphatic hydroxyl groups excluding tert-OH is 1. The number of amides is 3. The average Bonchev–Trinajstić information content (AvgIpc) is 2.65. The topological polar surface area (TPSA) is 171 Å². The largest absolute Gasteiger partial charge is 0.480 e. The molecular formula is C17H32N4O6. The van der Waals surface area contributed by atoms with Crippen LogP contribution in [-0.2, 0) is 19.2 Å². The van der Waals surface area contributed by atoms with Crippen LogP contribution in [0.2, 0.25) is 0 Å². The van der Waals surface area contributed by atoms with Crippen molar-refractivity contribution < 1.29 is 29.4 Å². The number of carboxylic acid groups (broad SMARTS) is 1. The van der Waals surface area contributed by atoms with Gasteiger partial charge in [0.15, 0.2) is 0 Å². The Bertz CT molecular complexity index is 528. The van der Waals surface area contributed by atoms with Crippen molar-refractivity contribution in [3.63, 3.8) is 0 Å². The lowest BCUT2D eigenvalue weighted by atomic mass is 9.95. The van der Waals surface area contributed by atoms with Crippen LogP contribution in [0.3, 0.4) is 0 Å². The summed E-state index contributed by atoms with van der Waals surface area (Å²) in [5, 5.41) is 25.0. The number of hydrogen-bond donors (Lipinski definition) is 6. The van der Waals surface area contributed by atoms with E-state index in [0.717, 1.165) is 0 Å². The Morgan fingerprint density at radius 2 is 1.48 bits per heavy atom. The Labute approximate surface area is 159 Å². The zero-order chi connectivity index (χ0) is 21.1. The molecule has 7 N–H and O–H groups in total. The number of aliphatic hydroxyl groups is 1. The molecule has 0 saturated carbocycles. The first-order valence-corrected chi connectivity index (χ1v) is 9.05. The maximum Gasteiger partial charge on any atom is 0.322 e. The molecule has 10 nitrogen and oxygen atoms in total. The molecule has 0 aliphatic carbocycles. The summed E-state index contributed by atoms with van der Waals surface area (Å²) in [6, 6.07) is -3.05. The molecule has 0 bridgehead atoms. The molecule has 0 radical (unpaired) electrons. The lowest BCUT2D eigenvalue weighted by molar-refractivity contribution is -0.139. The summed E-state index contributed by atoms with van der Waals surface area (Å²) in [6.45, 7) is 5.98. The van der Waals surface area contributed by atoms with Crippen molar-refractivity contribution in [1.82, 2.24) is 16.0 Å². The molecule has 0 spiro atoms. The number of aliphatic carboxylic acids is 1. The van der Waals surface area contributed by atoms with E-state index in [1.54, 1.807) is 6.92 Å². The van der Waals surface area contributed by atoms with Crippen molar-refractivity contribution in [3.8, 4) is 0 Å². The molecular weight excluding hydrogens is 356 g/mol. The van der Waals surface area contributed by atoms with Crippen molar-refractivity contribution >= 4 is 23.7 Å². The summed E-state index contributed by atoms with van der Waals surface area (Å²) in [7, 11) is 0. The quantitative estimate of drug-likeness (QED) is 0.238. The van der Waals surface area contributed by atoms with Crippen LogP contribution < -0.4 is 21.7 Å². The Kier molecular flexibility index (Phi) is 11.2. The fourth-order valence-corrected chi connectivity index (χ4v) is 2.21. The maximum atomic E-state index is 12.6. The van der Waals surface area contributed by atoms with Crippen molar-refractivity contribution in [1.29, 1.82) is 0 Å². The SMILES string of the molecule is CCC(C)C(N)C(=O)NC(C(=O)NC(CO)C(=O)NCC(=O)O)C(C)CC. The molecule has 0 fully saturated rings. The molecule has 10 heteroatoms. The Morgan fingerprint density at radius 1 is 0.926 bits per heavy atom. The number of nitrogens with one attached hydrogen (secondary N) is 3. The summed E-state index contributed by atoms with van der Waals surface area (Å²) in [5.74, 6) is -3.54. The monoisotopic (exact) mass is 388 g/mol. The van der Waals surface area contributed by atoms with E-state index in [-0.39, 0.29) is 11.8 Å². The van der Waals surface area contributed by atoms with Crippen LogP contribution in [-0.4, -0.2) is 65.2 Å². The Balaban J connectivity index is 5.12. The summed E-state index contributed by atoms with van der Waals surface area (Å²) in [4.78, 5) is 47.3. The normalized spacial score (nSPS) is 16.4. The van der Waals surface area contributed by atoms with Crippen LogP contribution in [0, 0.1) is 11.8 Å². The van der Waals surface area contributed by atoms with E-state index >= 15 is 0 Å². The number of rotatable bonds is 12. The molecule has 0 aromatic heterocycles.